The third-order valence-corrected chi connectivity index (χ3v) is 2.70. The summed E-state index contributed by atoms with van der Waals surface area (Å²) in [5.74, 6) is -0.0447. The molecule has 0 saturated heterocycles. The van der Waals surface area contributed by atoms with Crippen LogP contribution in [0.25, 0.3) is 0 Å². The molecule has 1 aromatic carbocycles. The lowest BCUT2D eigenvalue weighted by atomic mass is 9.85. The predicted octanol–water partition coefficient (Wildman–Crippen LogP) is 1.73. The standard InChI is InChI=1S/C12H16N2O/c1-12(2,3)9-4-5-10-8(6-9)7-13-14-11(10)15/h4-6,13H,7H2,1-3H3,(H,14,15). The molecule has 3 heteroatoms. The molecule has 0 fully saturated rings. The first-order valence-corrected chi connectivity index (χ1v) is 5.15. The summed E-state index contributed by atoms with van der Waals surface area (Å²) in [4.78, 5) is 11.5. The van der Waals surface area contributed by atoms with E-state index in [4.69, 9.17) is 0 Å². The zero-order chi connectivity index (χ0) is 11.1. The van der Waals surface area contributed by atoms with E-state index >= 15 is 0 Å². The van der Waals surface area contributed by atoms with Gasteiger partial charge in [0.1, 0.15) is 0 Å². The lowest BCUT2D eigenvalue weighted by Gasteiger charge is -2.23. The average Bonchev–Trinajstić information content (AvgIpc) is 2.16. The summed E-state index contributed by atoms with van der Waals surface area (Å²) in [7, 11) is 0. The molecule has 0 unspecified atom stereocenters. The van der Waals surface area contributed by atoms with Crippen LogP contribution in [0.2, 0.25) is 0 Å². The zero-order valence-corrected chi connectivity index (χ0v) is 9.35. The van der Waals surface area contributed by atoms with E-state index in [1.165, 1.54) is 5.56 Å². The van der Waals surface area contributed by atoms with Gasteiger partial charge in [0.2, 0.25) is 0 Å². The molecule has 1 aliphatic heterocycles. The molecule has 0 spiro atoms. The third-order valence-electron chi connectivity index (χ3n) is 2.70. The number of hydrazine groups is 1. The van der Waals surface area contributed by atoms with Crippen LogP contribution in [0, 0.1) is 0 Å². The Balaban J connectivity index is 2.46. The topological polar surface area (TPSA) is 41.1 Å². The van der Waals surface area contributed by atoms with Gasteiger partial charge in [-0.2, -0.15) is 0 Å². The first-order chi connectivity index (χ1) is 6.98. The molecule has 0 aliphatic carbocycles. The highest BCUT2D eigenvalue weighted by Gasteiger charge is 2.20. The number of hydrogen-bond donors (Lipinski definition) is 2. The minimum Gasteiger partial charge on any atom is -0.287 e. The maximum atomic E-state index is 11.5. The fraction of sp³-hybridized carbons (Fsp3) is 0.417. The summed E-state index contributed by atoms with van der Waals surface area (Å²) >= 11 is 0. The van der Waals surface area contributed by atoms with Crippen LogP contribution in [-0.2, 0) is 12.0 Å². The normalized spacial score (nSPS) is 15.8. The van der Waals surface area contributed by atoms with Crippen molar-refractivity contribution in [2.75, 3.05) is 0 Å². The first-order valence-electron chi connectivity index (χ1n) is 5.15. The number of nitrogens with one attached hydrogen (secondary N) is 2. The number of rotatable bonds is 0. The van der Waals surface area contributed by atoms with E-state index < -0.39 is 0 Å². The summed E-state index contributed by atoms with van der Waals surface area (Å²) < 4.78 is 0. The molecule has 1 aromatic rings. The van der Waals surface area contributed by atoms with Crippen molar-refractivity contribution in [3.05, 3.63) is 34.9 Å². The van der Waals surface area contributed by atoms with Crippen LogP contribution in [0.5, 0.6) is 0 Å². The van der Waals surface area contributed by atoms with Gasteiger partial charge in [0.15, 0.2) is 0 Å². The quantitative estimate of drug-likeness (QED) is 0.675. The summed E-state index contributed by atoms with van der Waals surface area (Å²) in [6.45, 7) is 7.21. The van der Waals surface area contributed by atoms with Crippen molar-refractivity contribution in [2.24, 2.45) is 0 Å². The SMILES string of the molecule is CC(C)(C)c1ccc2c(c1)CNNC2=O. The number of benzene rings is 1. The van der Waals surface area contributed by atoms with Crippen molar-refractivity contribution < 1.29 is 4.79 Å². The number of fused-ring (bicyclic) bond motifs is 1. The Morgan fingerprint density at radius 2 is 2.00 bits per heavy atom. The summed E-state index contributed by atoms with van der Waals surface area (Å²) in [5.41, 5.74) is 8.72. The maximum Gasteiger partial charge on any atom is 0.265 e. The summed E-state index contributed by atoms with van der Waals surface area (Å²) in [6.07, 6.45) is 0. The number of amides is 1. The molecule has 0 atom stereocenters. The number of hydrogen-bond acceptors (Lipinski definition) is 2. The maximum absolute atomic E-state index is 11.5. The molecular formula is C12H16N2O. The van der Waals surface area contributed by atoms with Crippen molar-refractivity contribution in [3.8, 4) is 0 Å². The molecule has 15 heavy (non-hydrogen) atoms. The third kappa shape index (κ3) is 1.88. The molecule has 1 aliphatic rings. The second-order valence-electron chi connectivity index (χ2n) is 4.93. The van der Waals surface area contributed by atoms with E-state index in [0.717, 1.165) is 11.1 Å². The monoisotopic (exact) mass is 204 g/mol. The van der Waals surface area contributed by atoms with Crippen molar-refractivity contribution in [3.63, 3.8) is 0 Å². The van der Waals surface area contributed by atoms with Gasteiger partial charge in [-0.15, -0.1) is 0 Å². The highest BCUT2D eigenvalue weighted by Crippen LogP contribution is 2.25. The Hall–Kier alpha value is -1.35. The number of carbonyl (C=O) groups excluding carboxylic acids is 1. The fourth-order valence-electron chi connectivity index (χ4n) is 1.72. The molecule has 80 valence electrons. The van der Waals surface area contributed by atoms with Crippen LogP contribution in [0.1, 0.15) is 42.3 Å². The van der Waals surface area contributed by atoms with Gasteiger partial charge in [0.25, 0.3) is 5.91 Å². The van der Waals surface area contributed by atoms with Gasteiger partial charge in [-0.1, -0.05) is 32.9 Å². The second kappa shape index (κ2) is 3.35. The van der Waals surface area contributed by atoms with Crippen LogP contribution in [-0.4, -0.2) is 5.91 Å². The molecule has 3 nitrogen and oxygen atoms in total. The van der Waals surface area contributed by atoms with Crippen molar-refractivity contribution in [1.82, 2.24) is 10.9 Å². The lowest BCUT2D eigenvalue weighted by molar-refractivity contribution is 0.0920. The molecule has 2 N–H and O–H groups in total. The molecular weight excluding hydrogens is 188 g/mol. The Morgan fingerprint density at radius 1 is 1.27 bits per heavy atom. The lowest BCUT2D eigenvalue weighted by Crippen LogP contribution is -2.42. The highest BCUT2D eigenvalue weighted by molar-refractivity contribution is 5.96. The second-order valence-corrected chi connectivity index (χ2v) is 4.93. The average molecular weight is 204 g/mol. The molecule has 1 heterocycles. The van der Waals surface area contributed by atoms with Gasteiger partial charge >= 0.3 is 0 Å². The van der Waals surface area contributed by atoms with Crippen molar-refractivity contribution in [1.29, 1.82) is 0 Å². The van der Waals surface area contributed by atoms with E-state index in [0.29, 0.717) is 6.54 Å². The molecule has 0 saturated carbocycles. The van der Waals surface area contributed by atoms with Crippen molar-refractivity contribution >= 4 is 5.91 Å². The fourth-order valence-corrected chi connectivity index (χ4v) is 1.72. The minimum absolute atomic E-state index is 0.0447. The van der Waals surface area contributed by atoms with Crippen LogP contribution in [0.15, 0.2) is 18.2 Å². The molecule has 0 radical (unpaired) electrons. The predicted molar refractivity (Wildman–Crippen MR) is 59.4 cm³/mol. The van der Waals surface area contributed by atoms with Crippen molar-refractivity contribution in [2.45, 2.75) is 32.7 Å². The minimum atomic E-state index is -0.0447. The van der Waals surface area contributed by atoms with Crippen LogP contribution < -0.4 is 10.9 Å². The van der Waals surface area contributed by atoms with E-state index in [1.807, 2.05) is 12.1 Å². The van der Waals surface area contributed by atoms with Gasteiger partial charge in [-0.05, 0) is 22.6 Å². The van der Waals surface area contributed by atoms with Gasteiger partial charge in [0.05, 0.1) is 0 Å². The smallest absolute Gasteiger partial charge is 0.265 e. The van der Waals surface area contributed by atoms with E-state index in [-0.39, 0.29) is 11.3 Å². The van der Waals surface area contributed by atoms with Crippen LogP contribution in [0.3, 0.4) is 0 Å². The Labute approximate surface area is 89.8 Å². The Bertz CT molecular complexity index is 405. The van der Waals surface area contributed by atoms with Crippen LogP contribution >= 0.6 is 0 Å². The largest absolute Gasteiger partial charge is 0.287 e. The summed E-state index contributed by atoms with van der Waals surface area (Å²) in [5, 5.41) is 0. The number of carbonyl (C=O) groups is 1. The van der Waals surface area contributed by atoms with Gasteiger partial charge in [-0.25, -0.2) is 5.43 Å². The molecule has 0 bridgehead atoms. The van der Waals surface area contributed by atoms with Gasteiger partial charge in [0, 0.05) is 12.1 Å². The first kappa shape index (κ1) is 10.2. The van der Waals surface area contributed by atoms with Gasteiger partial charge in [-0.3, -0.25) is 10.2 Å². The molecule has 2 rings (SSSR count). The Kier molecular flexibility index (Phi) is 2.27. The molecule has 1 amide bonds. The zero-order valence-electron chi connectivity index (χ0n) is 9.35. The van der Waals surface area contributed by atoms with E-state index in [9.17, 15) is 4.79 Å². The van der Waals surface area contributed by atoms with Crippen LogP contribution in [0.4, 0.5) is 0 Å². The Morgan fingerprint density at radius 3 is 2.67 bits per heavy atom. The van der Waals surface area contributed by atoms with Gasteiger partial charge < -0.3 is 0 Å². The summed E-state index contributed by atoms with van der Waals surface area (Å²) in [6, 6.07) is 6.05. The van der Waals surface area contributed by atoms with E-state index in [2.05, 4.69) is 37.7 Å². The highest BCUT2D eigenvalue weighted by atomic mass is 16.2. The van der Waals surface area contributed by atoms with E-state index in [1.54, 1.807) is 0 Å². The molecule has 0 aromatic heterocycles.